The van der Waals surface area contributed by atoms with Gasteiger partial charge in [-0.25, -0.2) is 0 Å². The number of methoxy groups -OCH3 is 1. The van der Waals surface area contributed by atoms with Crippen LogP contribution < -0.4 is 10.1 Å². The third-order valence-electron chi connectivity index (χ3n) is 4.36. The molecule has 0 amide bonds. The van der Waals surface area contributed by atoms with Crippen molar-refractivity contribution < 1.29 is 9.47 Å². The molecule has 1 saturated heterocycles. The molecule has 0 aromatic heterocycles. The molecule has 1 atom stereocenters. The maximum Gasteiger partial charge on any atom is 0.173 e. The van der Waals surface area contributed by atoms with E-state index in [0.29, 0.717) is 11.7 Å². The fraction of sp³-hybridized carbons (Fsp3) is 0.350. The minimum absolute atomic E-state index is 0.220. The third kappa shape index (κ3) is 5.34. The zero-order valence-corrected chi connectivity index (χ0v) is 16.4. The number of thiocarbonyl (C=S) groups is 1. The topological polar surface area (TPSA) is 33.7 Å². The normalized spacial score (nSPS) is 16.3. The first-order valence-electron chi connectivity index (χ1n) is 8.70. The second-order valence-electron chi connectivity index (χ2n) is 6.30. The molecule has 1 heterocycles. The van der Waals surface area contributed by atoms with Gasteiger partial charge in [-0.15, -0.1) is 0 Å². The molecule has 138 valence electrons. The lowest BCUT2D eigenvalue weighted by Gasteiger charge is -2.28. The van der Waals surface area contributed by atoms with Crippen LogP contribution in [0.1, 0.15) is 18.4 Å². The van der Waals surface area contributed by atoms with Crippen LogP contribution in [0.2, 0.25) is 5.02 Å². The van der Waals surface area contributed by atoms with Gasteiger partial charge in [0.1, 0.15) is 5.75 Å². The van der Waals surface area contributed by atoms with Crippen LogP contribution in [0.5, 0.6) is 5.75 Å². The summed E-state index contributed by atoms with van der Waals surface area (Å²) in [6.07, 6.45) is 2.40. The Morgan fingerprint density at radius 3 is 2.58 bits per heavy atom. The van der Waals surface area contributed by atoms with E-state index in [0.717, 1.165) is 48.0 Å². The Labute approximate surface area is 165 Å². The van der Waals surface area contributed by atoms with Crippen molar-refractivity contribution in [2.75, 3.05) is 25.6 Å². The summed E-state index contributed by atoms with van der Waals surface area (Å²) in [5, 5.41) is 4.73. The molecule has 6 heteroatoms. The number of hydrogen-bond acceptors (Lipinski definition) is 3. The van der Waals surface area contributed by atoms with E-state index in [9.17, 15) is 0 Å². The molecule has 1 aliphatic rings. The van der Waals surface area contributed by atoms with Crippen LogP contribution in [-0.2, 0) is 11.3 Å². The van der Waals surface area contributed by atoms with Gasteiger partial charge in [-0.2, -0.15) is 0 Å². The fourth-order valence-corrected chi connectivity index (χ4v) is 3.32. The van der Waals surface area contributed by atoms with Crippen molar-refractivity contribution in [1.82, 2.24) is 4.90 Å². The Morgan fingerprint density at radius 2 is 1.96 bits per heavy atom. The van der Waals surface area contributed by atoms with E-state index >= 15 is 0 Å². The first-order valence-corrected chi connectivity index (χ1v) is 9.48. The molecule has 26 heavy (non-hydrogen) atoms. The fourth-order valence-electron chi connectivity index (χ4n) is 2.94. The summed E-state index contributed by atoms with van der Waals surface area (Å²) in [5.74, 6) is 0.818. The summed E-state index contributed by atoms with van der Waals surface area (Å²) in [6.45, 7) is 2.31. The molecule has 4 nitrogen and oxygen atoms in total. The SMILES string of the molecule is COc1ccc(NC(=S)N(Cc2ccc(Cl)cc2)C[C@@H]2CCCO2)cc1. The molecule has 2 aromatic carbocycles. The maximum atomic E-state index is 6.00. The second kappa shape index (κ2) is 9.21. The Kier molecular flexibility index (Phi) is 6.72. The maximum absolute atomic E-state index is 6.00. The zero-order valence-electron chi connectivity index (χ0n) is 14.8. The van der Waals surface area contributed by atoms with Crippen LogP contribution in [0.4, 0.5) is 5.69 Å². The van der Waals surface area contributed by atoms with Gasteiger partial charge in [-0.1, -0.05) is 23.7 Å². The van der Waals surface area contributed by atoms with E-state index in [1.165, 1.54) is 0 Å². The van der Waals surface area contributed by atoms with E-state index in [2.05, 4.69) is 10.2 Å². The summed E-state index contributed by atoms with van der Waals surface area (Å²) >= 11 is 11.7. The summed E-state index contributed by atoms with van der Waals surface area (Å²) in [6, 6.07) is 15.6. The lowest BCUT2D eigenvalue weighted by Crippen LogP contribution is -2.39. The molecule has 2 aromatic rings. The molecule has 0 radical (unpaired) electrons. The highest BCUT2D eigenvalue weighted by Crippen LogP contribution is 2.19. The van der Waals surface area contributed by atoms with Gasteiger partial charge in [-0.3, -0.25) is 0 Å². The number of nitrogens with one attached hydrogen (secondary N) is 1. The number of hydrogen-bond donors (Lipinski definition) is 1. The van der Waals surface area contributed by atoms with Crippen LogP contribution in [0.15, 0.2) is 48.5 Å². The van der Waals surface area contributed by atoms with Gasteiger partial charge in [0.15, 0.2) is 5.11 Å². The standard InChI is InChI=1S/C20H23ClN2O2S/c1-24-18-10-8-17(9-11-18)22-20(26)23(14-19-3-2-12-25-19)13-15-4-6-16(21)7-5-15/h4-11,19H,2-3,12-14H2,1H3,(H,22,26)/t19-/m0/s1. The van der Waals surface area contributed by atoms with Crippen molar-refractivity contribution in [2.24, 2.45) is 0 Å². The van der Waals surface area contributed by atoms with Crippen LogP contribution in [0, 0.1) is 0 Å². The van der Waals surface area contributed by atoms with Gasteiger partial charge in [0, 0.05) is 30.4 Å². The first kappa shape index (κ1) is 19.0. The summed E-state index contributed by atoms with van der Waals surface area (Å²) in [7, 11) is 1.66. The Bertz CT molecular complexity index is 716. The van der Waals surface area contributed by atoms with Gasteiger partial charge in [0.25, 0.3) is 0 Å². The summed E-state index contributed by atoms with van der Waals surface area (Å²) in [5.41, 5.74) is 2.09. The molecule has 1 aliphatic heterocycles. The molecule has 1 fully saturated rings. The van der Waals surface area contributed by atoms with Gasteiger partial charge >= 0.3 is 0 Å². The molecule has 3 rings (SSSR count). The number of rotatable bonds is 6. The van der Waals surface area contributed by atoms with Gasteiger partial charge in [0.2, 0.25) is 0 Å². The van der Waals surface area contributed by atoms with Crippen molar-refractivity contribution in [3.05, 3.63) is 59.1 Å². The number of benzene rings is 2. The van der Waals surface area contributed by atoms with Crippen LogP contribution in [-0.4, -0.2) is 36.4 Å². The Morgan fingerprint density at radius 1 is 1.23 bits per heavy atom. The van der Waals surface area contributed by atoms with Crippen LogP contribution in [0.3, 0.4) is 0 Å². The van der Waals surface area contributed by atoms with Crippen molar-refractivity contribution in [3.8, 4) is 5.75 Å². The molecule has 0 aliphatic carbocycles. The number of ether oxygens (including phenoxy) is 2. The van der Waals surface area contributed by atoms with Crippen molar-refractivity contribution in [3.63, 3.8) is 0 Å². The van der Waals surface area contributed by atoms with Crippen LogP contribution >= 0.6 is 23.8 Å². The third-order valence-corrected chi connectivity index (χ3v) is 4.98. The predicted molar refractivity (Wildman–Crippen MR) is 110 cm³/mol. The van der Waals surface area contributed by atoms with Crippen molar-refractivity contribution in [1.29, 1.82) is 0 Å². The number of halogens is 1. The van der Waals surface area contributed by atoms with Crippen molar-refractivity contribution in [2.45, 2.75) is 25.5 Å². The summed E-state index contributed by atoms with van der Waals surface area (Å²) in [4.78, 5) is 2.15. The smallest absolute Gasteiger partial charge is 0.173 e. The molecule has 0 unspecified atom stereocenters. The number of anilines is 1. The first-order chi connectivity index (χ1) is 12.6. The highest BCUT2D eigenvalue weighted by atomic mass is 35.5. The average molecular weight is 391 g/mol. The molecule has 0 spiro atoms. The lowest BCUT2D eigenvalue weighted by atomic mass is 10.2. The van der Waals surface area contributed by atoms with E-state index in [4.69, 9.17) is 33.3 Å². The molecule has 0 saturated carbocycles. The van der Waals surface area contributed by atoms with E-state index in [1.54, 1.807) is 7.11 Å². The van der Waals surface area contributed by atoms with E-state index < -0.39 is 0 Å². The molecule has 0 bridgehead atoms. The second-order valence-corrected chi connectivity index (χ2v) is 7.12. The van der Waals surface area contributed by atoms with Crippen LogP contribution in [0.25, 0.3) is 0 Å². The molecule has 1 N–H and O–H groups in total. The Hall–Kier alpha value is -1.82. The highest BCUT2D eigenvalue weighted by Gasteiger charge is 2.21. The lowest BCUT2D eigenvalue weighted by molar-refractivity contribution is 0.0905. The minimum atomic E-state index is 0.220. The van der Waals surface area contributed by atoms with Gasteiger partial charge in [0.05, 0.1) is 13.2 Å². The Balaban J connectivity index is 1.69. The number of nitrogens with zero attached hydrogens (tertiary/aromatic N) is 1. The van der Waals surface area contributed by atoms with E-state index in [-0.39, 0.29) is 6.10 Å². The highest BCUT2D eigenvalue weighted by molar-refractivity contribution is 7.80. The average Bonchev–Trinajstić information content (AvgIpc) is 3.17. The summed E-state index contributed by atoms with van der Waals surface area (Å²) < 4.78 is 11.0. The van der Waals surface area contributed by atoms with Gasteiger partial charge < -0.3 is 19.7 Å². The van der Waals surface area contributed by atoms with Crippen molar-refractivity contribution >= 4 is 34.6 Å². The molecular formula is C20H23ClN2O2S. The zero-order chi connectivity index (χ0) is 18.4. The van der Waals surface area contributed by atoms with E-state index in [1.807, 2.05) is 48.5 Å². The largest absolute Gasteiger partial charge is 0.497 e. The monoisotopic (exact) mass is 390 g/mol. The quantitative estimate of drug-likeness (QED) is 0.721. The molecular weight excluding hydrogens is 368 g/mol. The predicted octanol–water partition coefficient (Wildman–Crippen LogP) is 4.73. The minimum Gasteiger partial charge on any atom is -0.497 e. The van der Waals surface area contributed by atoms with Gasteiger partial charge in [-0.05, 0) is 67.0 Å².